The molecule has 3 N–H and O–H groups in total. The van der Waals surface area contributed by atoms with Crippen molar-refractivity contribution >= 4 is 33.4 Å². The van der Waals surface area contributed by atoms with Gasteiger partial charge in [-0.2, -0.15) is 11.8 Å². The van der Waals surface area contributed by atoms with Gasteiger partial charge in [0.1, 0.15) is 0 Å². The number of carbonyl (C=O) groups is 1. The van der Waals surface area contributed by atoms with Crippen LogP contribution in [0.4, 0.5) is 5.69 Å². The topological polar surface area (TPSA) is 87.3 Å². The lowest BCUT2D eigenvalue weighted by molar-refractivity contribution is -0.117. The van der Waals surface area contributed by atoms with Crippen LogP contribution in [0.15, 0.2) is 23.1 Å². The molecule has 6 nitrogen and oxygen atoms in total. The molecule has 1 saturated heterocycles. The van der Waals surface area contributed by atoms with Crippen molar-refractivity contribution in [3.8, 4) is 0 Å². The monoisotopic (exact) mass is 329 g/mol. The van der Waals surface area contributed by atoms with Gasteiger partial charge in [-0.15, -0.1) is 0 Å². The van der Waals surface area contributed by atoms with Crippen LogP contribution < -0.4 is 15.4 Å². The summed E-state index contributed by atoms with van der Waals surface area (Å²) in [5.41, 5.74) is 1.34. The SMILES string of the molecule is CNS(=O)(=O)c1ccc(C)c(NC(=O)C2CSCCN2)c1. The molecule has 21 heavy (non-hydrogen) atoms. The van der Waals surface area contributed by atoms with E-state index in [1.54, 1.807) is 17.8 Å². The zero-order chi connectivity index (χ0) is 15.5. The lowest BCUT2D eigenvalue weighted by Gasteiger charge is -2.22. The van der Waals surface area contributed by atoms with E-state index in [1.807, 2.05) is 6.92 Å². The maximum Gasteiger partial charge on any atom is 0.242 e. The molecular formula is C13H19N3O3S2. The van der Waals surface area contributed by atoms with Crippen LogP contribution in [-0.2, 0) is 14.8 Å². The summed E-state index contributed by atoms with van der Waals surface area (Å²) >= 11 is 1.73. The van der Waals surface area contributed by atoms with Gasteiger partial charge in [0.25, 0.3) is 0 Å². The number of hydrogen-bond acceptors (Lipinski definition) is 5. The molecule has 116 valence electrons. The van der Waals surface area contributed by atoms with E-state index in [-0.39, 0.29) is 16.8 Å². The highest BCUT2D eigenvalue weighted by atomic mass is 32.2. The van der Waals surface area contributed by atoms with Gasteiger partial charge in [0.05, 0.1) is 10.9 Å². The average Bonchev–Trinajstić information content (AvgIpc) is 2.50. The number of sulfonamides is 1. The number of rotatable bonds is 4. The van der Waals surface area contributed by atoms with Crippen molar-refractivity contribution in [2.75, 3.05) is 30.4 Å². The average molecular weight is 329 g/mol. The molecule has 8 heteroatoms. The Morgan fingerprint density at radius 2 is 2.19 bits per heavy atom. The van der Waals surface area contributed by atoms with Gasteiger partial charge >= 0.3 is 0 Å². The Bertz CT molecular complexity index is 626. The summed E-state index contributed by atoms with van der Waals surface area (Å²) in [5, 5.41) is 5.96. The molecule has 0 aromatic heterocycles. The van der Waals surface area contributed by atoms with E-state index in [0.717, 1.165) is 23.6 Å². The minimum Gasteiger partial charge on any atom is -0.324 e. The predicted molar refractivity (Wildman–Crippen MR) is 85.2 cm³/mol. The van der Waals surface area contributed by atoms with Crippen molar-refractivity contribution in [3.63, 3.8) is 0 Å². The molecule has 1 aromatic rings. The highest BCUT2D eigenvalue weighted by Gasteiger charge is 2.22. The summed E-state index contributed by atoms with van der Waals surface area (Å²) in [6, 6.07) is 4.44. The van der Waals surface area contributed by atoms with Crippen molar-refractivity contribution in [1.82, 2.24) is 10.0 Å². The van der Waals surface area contributed by atoms with Crippen LogP contribution in [0.3, 0.4) is 0 Å². The maximum absolute atomic E-state index is 12.2. The third-order valence-corrected chi connectivity index (χ3v) is 5.76. The molecular weight excluding hydrogens is 310 g/mol. The molecule has 1 aliphatic heterocycles. The fourth-order valence-electron chi connectivity index (χ4n) is 1.97. The van der Waals surface area contributed by atoms with E-state index in [1.165, 1.54) is 19.2 Å². The van der Waals surface area contributed by atoms with Gasteiger partial charge in [-0.1, -0.05) is 6.07 Å². The third-order valence-electron chi connectivity index (χ3n) is 3.28. The molecule has 1 unspecified atom stereocenters. The molecule has 0 aliphatic carbocycles. The van der Waals surface area contributed by atoms with Crippen LogP contribution in [0.1, 0.15) is 5.56 Å². The third kappa shape index (κ3) is 3.97. The number of nitrogens with one attached hydrogen (secondary N) is 3. The first-order valence-electron chi connectivity index (χ1n) is 6.60. The summed E-state index contributed by atoms with van der Waals surface area (Å²) in [5.74, 6) is 1.59. The molecule has 1 heterocycles. The molecule has 1 fully saturated rings. The summed E-state index contributed by atoms with van der Waals surface area (Å²) in [6.07, 6.45) is 0. The first kappa shape index (κ1) is 16.3. The fourth-order valence-corrected chi connectivity index (χ4v) is 3.66. The predicted octanol–water partition coefficient (Wildman–Crippen LogP) is 0.547. The van der Waals surface area contributed by atoms with Gasteiger partial charge in [0.2, 0.25) is 15.9 Å². The van der Waals surface area contributed by atoms with Gasteiger partial charge in [0, 0.05) is 23.7 Å². The van der Waals surface area contributed by atoms with Crippen LogP contribution in [-0.4, -0.2) is 45.5 Å². The standard InChI is InChI=1S/C13H19N3O3S2/c1-9-3-4-10(21(18,19)14-2)7-11(9)16-13(17)12-8-20-6-5-15-12/h3-4,7,12,14-15H,5-6,8H2,1-2H3,(H,16,17). The second kappa shape index (κ2) is 6.78. The van der Waals surface area contributed by atoms with Gasteiger partial charge in [0.15, 0.2) is 0 Å². The van der Waals surface area contributed by atoms with E-state index in [2.05, 4.69) is 15.4 Å². The van der Waals surface area contributed by atoms with E-state index in [4.69, 9.17) is 0 Å². The second-order valence-electron chi connectivity index (χ2n) is 4.76. The van der Waals surface area contributed by atoms with Crippen molar-refractivity contribution in [3.05, 3.63) is 23.8 Å². The molecule has 0 radical (unpaired) electrons. The summed E-state index contributed by atoms with van der Waals surface area (Å²) in [7, 11) is -2.16. The lowest BCUT2D eigenvalue weighted by atomic mass is 10.2. The molecule has 2 rings (SSSR count). The quantitative estimate of drug-likeness (QED) is 0.751. The summed E-state index contributed by atoms with van der Waals surface area (Å²) < 4.78 is 25.9. The van der Waals surface area contributed by atoms with E-state index >= 15 is 0 Å². The number of benzene rings is 1. The Morgan fingerprint density at radius 1 is 1.43 bits per heavy atom. The number of aryl methyl sites for hydroxylation is 1. The van der Waals surface area contributed by atoms with Crippen LogP contribution in [0.5, 0.6) is 0 Å². The minimum absolute atomic E-state index is 0.135. The van der Waals surface area contributed by atoms with E-state index in [0.29, 0.717) is 5.69 Å². The number of anilines is 1. The number of amides is 1. The van der Waals surface area contributed by atoms with Crippen molar-refractivity contribution in [1.29, 1.82) is 0 Å². The maximum atomic E-state index is 12.2. The lowest BCUT2D eigenvalue weighted by Crippen LogP contribution is -2.46. The molecule has 0 saturated carbocycles. The second-order valence-corrected chi connectivity index (χ2v) is 7.79. The smallest absolute Gasteiger partial charge is 0.242 e. The molecule has 1 atom stereocenters. The minimum atomic E-state index is -3.52. The van der Waals surface area contributed by atoms with Crippen LogP contribution in [0.25, 0.3) is 0 Å². The van der Waals surface area contributed by atoms with Gasteiger partial charge in [-0.05, 0) is 31.7 Å². The van der Waals surface area contributed by atoms with Crippen LogP contribution in [0, 0.1) is 6.92 Å². The highest BCUT2D eigenvalue weighted by Crippen LogP contribution is 2.21. The molecule has 1 aromatic carbocycles. The largest absolute Gasteiger partial charge is 0.324 e. The van der Waals surface area contributed by atoms with Crippen LogP contribution >= 0.6 is 11.8 Å². The molecule has 1 aliphatic rings. The van der Waals surface area contributed by atoms with E-state index < -0.39 is 10.0 Å². The normalized spacial score (nSPS) is 19.2. The molecule has 0 bridgehead atoms. The Balaban J connectivity index is 2.19. The summed E-state index contributed by atoms with van der Waals surface area (Å²) in [6.45, 7) is 2.63. The van der Waals surface area contributed by atoms with Crippen molar-refractivity contribution < 1.29 is 13.2 Å². The Kier molecular flexibility index (Phi) is 5.26. The van der Waals surface area contributed by atoms with E-state index in [9.17, 15) is 13.2 Å². The molecule has 0 spiro atoms. The zero-order valence-corrected chi connectivity index (χ0v) is 13.6. The van der Waals surface area contributed by atoms with Gasteiger partial charge in [-0.3, -0.25) is 4.79 Å². The van der Waals surface area contributed by atoms with Crippen LogP contribution in [0.2, 0.25) is 0 Å². The highest BCUT2D eigenvalue weighted by molar-refractivity contribution is 7.99. The molecule has 1 amide bonds. The zero-order valence-electron chi connectivity index (χ0n) is 12.0. The van der Waals surface area contributed by atoms with Gasteiger partial charge < -0.3 is 10.6 Å². The summed E-state index contributed by atoms with van der Waals surface area (Å²) in [4.78, 5) is 12.3. The fraction of sp³-hybridized carbons (Fsp3) is 0.462. The van der Waals surface area contributed by atoms with Gasteiger partial charge in [-0.25, -0.2) is 13.1 Å². The number of thioether (sulfide) groups is 1. The van der Waals surface area contributed by atoms with Crippen molar-refractivity contribution in [2.24, 2.45) is 0 Å². The number of hydrogen-bond donors (Lipinski definition) is 3. The first-order chi connectivity index (χ1) is 9.94. The number of carbonyl (C=O) groups excluding carboxylic acids is 1. The Labute approximate surface area is 129 Å². The van der Waals surface area contributed by atoms with Crippen molar-refractivity contribution in [2.45, 2.75) is 17.9 Å². The first-order valence-corrected chi connectivity index (χ1v) is 9.24. The Morgan fingerprint density at radius 3 is 2.81 bits per heavy atom. The Hall–Kier alpha value is -1.09.